The Kier molecular flexibility index (Phi) is 5.65. The molecule has 2 N–H and O–H groups in total. The molecule has 0 aromatic heterocycles. The lowest BCUT2D eigenvalue weighted by Crippen LogP contribution is -2.56. The lowest BCUT2D eigenvalue weighted by Gasteiger charge is -2.36. The highest BCUT2D eigenvalue weighted by atomic mass is 16.5. The van der Waals surface area contributed by atoms with E-state index in [9.17, 15) is 24.6 Å². The second kappa shape index (κ2) is 8.52. The van der Waals surface area contributed by atoms with Crippen LogP contribution in [0.2, 0.25) is 0 Å². The number of aliphatic hydroxyl groups is 1. The van der Waals surface area contributed by atoms with Gasteiger partial charge in [-0.1, -0.05) is 36.4 Å². The van der Waals surface area contributed by atoms with Crippen LogP contribution < -0.4 is 4.90 Å². The number of carboxylic acids is 1. The van der Waals surface area contributed by atoms with E-state index in [4.69, 9.17) is 4.74 Å². The largest absolute Gasteiger partial charge is 0.481 e. The zero-order valence-electron chi connectivity index (χ0n) is 18.8. The third-order valence-electron chi connectivity index (χ3n) is 7.50. The SMILES string of the molecule is C=CCN(C(=O)C1N(CCCO)C(=O)[C@@H]2[C@H](C(=O)O)[C@@H]3CCC12O3)c1ccc2ccccc2c1. The Morgan fingerprint density at radius 3 is 2.71 bits per heavy atom. The Balaban J connectivity index is 1.57. The van der Waals surface area contributed by atoms with E-state index in [0.717, 1.165) is 10.8 Å². The van der Waals surface area contributed by atoms with Crippen molar-refractivity contribution in [1.82, 2.24) is 4.90 Å². The minimum Gasteiger partial charge on any atom is -0.481 e. The van der Waals surface area contributed by atoms with Crippen LogP contribution in [0.5, 0.6) is 0 Å². The lowest BCUT2D eigenvalue weighted by molar-refractivity contribution is -0.149. The Morgan fingerprint density at radius 1 is 1.24 bits per heavy atom. The van der Waals surface area contributed by atoms with Gasteiger partial charge in [0.05, 0.1) is 17.9 Å². The molecule has 5 atom stereocenters. The highest BCUT2D eigenvalue weighted by Gasteiger charge is 2.74. The van der Waals surface area contributed by atoms with Gasteiger partial charge in [0, 0.05) is 25.4 Å². The number of carboxylic acid groups (broad SMARTS) is 1. The number of likely N-dealkylation sites (tertiary alicyclic amines) is 1. The number of hydrogen-bond acceptors (Lipinski definition) is 5. The molecule has 8 nitrogen and oxygen atoms in total. The monoisotopic (exact) mass is 464 g/mol. The number of aliphatic carboxylic acids is 1. The van der Waals surface area contributed by atoms with Crippen LogP contribution in [0.25, 0.3) is 10.8 Å². The zero-order valence-corrected chi connectivity index (χ0v) is 18.8. The summed E-state index contributed by atoms with van der Waals surface area (Å²) in [4.78, 5) is 42.8. The van der Waals surface area contributed by atoms with E-state index in [2.05, 4.69) is 6.58 Å². The van der Waals surface area contributed by atoms with E-state index in [1.807, 2.05) is 42.5 Å². The van der Waals surface area contributed by atoms with Gasteiger partial charge in [-0.25, -0.2) is 0 Å². The molecule has 2 unspecified atom stereocenters. The van der Waals surface area contributed by atoms with E-state index >= 15 is 0 Å². The van der Waals surface area contributed by atoms with Gasteiger partial charge in [0.15, 0.2) is 0 Å². The van der Waals surface area contributed by atoms with Gasteiger partial charge in [-0.15, -0.1) is 6.58 Å². The number of carbonyl (C=O) groups is 3. The highest BCUT2D eigenvalue weighted by Crippen LogP contribution is 2.58. The van der Waals surface area contributed by atoms with Crippen molar-refractivity contribution in [2.24, 2.45) is 11.8 Å². The predicted molar refractivity (Wildman–Crippen MR) is 125 cm³/mol. The molecule has 3 aliphatic heterocycles. The molecule has 3 fully saturated rings. The molecule has 3 aliphatic rings. The second-order valence-electron chi connectivity index (χ2n) is 9.27. The lowest BCUT2D eigenvalue weighted by atomic mass is 9.70. The Morgan fingerprint density at radius 2 is 2.00 bits per heavy atom. The average Bonchev–Trinajstić information content (AvgIpc) is 3.48. The van der Waals surface area contributed by atoms with Crippen molar-refractivity contribution in [1.29, 1.82) is 0 Å². The number of anilines is 1. The van der Waals surface area contributed by atoms with Crippen molar-refractivity contribution < 1.29 is 29.3 Å². The molecule has 2 aromatic carbocycles. The Bertz CT molecular complexity index is 1160. The molecule has 8 heteroatoms. The Hall–Kier alpha value is -3.23. The number of aliphatic hydroxyl groups excluding tert-OH is 1. The van der Waals surface area contributed by atoms with Gasteiger partial charge in [-0.2, -0.15) is 0 Å². The fourth-order valence-corrected chi connectivity index (χ4v) is 6.14. The molecule has 0 radical (unpaired) electrons. The fourth-order valence-electron chi connectivity index (χ4n) is 6.14. The molecule has 5 rings (SSSR count). The first-order chi connectivity index (χ1) is 16.4. The molecule has 2 aromatic rings. The number of rotatable bonds is 8. The van der Waals surface area contributed by atoms with Crippen molar-refractivity contribution in [3.63, 3.8) is 0 Å². The van der Waals surface area contributed by atoms with E-state index in [1.165, 1.54) is 4.90 Å². The minimum absolute atomic E-state index is 0.144. The summed E-state index contributed by atoms with van der Waals surface area (Å²) in [5.41, 5.74) is -0.506. The third kappa shape index (κ3) is 3.24. The van der Waals surface area contributed by atoms with Crippen molar-refractivity contribution in [3.8, 4) is 0 Å². The van der Waals surface area contributed by atoms with Gasteiger partial charge in [0.2, 0.25) is 5.91 Å². The number of nitrogens with zero attached hydrogens (tertiary/aromatic N) is 2. The summed E-state index contributed by atoms with van der Waals surface area (Å²) in [7, 11) is 0. The number of ether oxygens (including phenoxy) is 1. The first-order valence-electron chi connectivity index (χ1n) is 11.7. The van der Waals surface area contributed by atoms with E-state index in [1.54, 1.807) is 11.0 Å². The van der Waals surface area contributed by atoms with Gasteiger partial charge in [-0.3, -0.25) is 14.4 Å². The molecular weight excluding hydrogens is 436 g/mol. The summed E-state index contributed by atoms with van der Waals surface area (Å²) >= 11 is 0. The second-order valence-corrected chi connectivity index (χ2v) is 9.27. The maximum absolute atomic E-state index is 14.2. The predicted octanol–water partition coefficient (Wildman–Crippen LogP) is 2.20. The fraction of sp³-hybridized carbons (Fsp3) is 0.423. The van der Waals surface area contributed by atoms with Gasteiger partial charge >= 0.3 is 5.97 Å². The van der Waals surface area contributed by atoms with Gasteiger partial charge in [-0.05, 0) is 42.2 Å². The van der Waals surface area contributed by atoms with Gasteiger partial charge in [0.25, 0.3) is 5.91 Å². The van der Waals surface area contributed by atoms with Crippen LogP contribution in [0.3, 0.4) is 0 Å². The molecule has 3 saturated heterocycles. The topological polar surface area (TPSA) is 107 Å². The number of carbonyl (C=O) groups excluding carboxylic acids is 2. The standard InChI is InChI=1S/C26H28N2O6/c1-2-12-27(18-9-8-16-6-3-4-7-17(16)15-18)24(31)22-26-11-10-19(34-26)20(25(32)33)21(26)23(30)28(22)13-5-14-29/h2-4,6-9,15,19-22,29H,1,5,10-14H2,(H,32,33)/t19-,20+,21-,22?,26?/m0/s1. The minimum atomic E-state index is -1.17. The summed E-state index contributed by atoms with van der Waals surface area (Å²) in [6.07, 6.45) is 2.29. The molecular formula is C26H28N2O6. The summed E-state index contributed by atoms with van der Waals surface area (Å²) in [6, 6.07) is 12.6. The van der Waals surface area contributed by atoms with Crippen LogP contribution in [-0.2, 0) is 19.1 Å². The summed E-state index contributed by atoms with van der Waals surface area (Å²) in [5, 5.41) is 21.3. The third-order valence-corrected chi connectivity index (χ3v) is 7.50. The summed E-state index contributed by atoms with van der Waals surface area (Å²) < 4.78 is 6.23. The van der Waals surface area contributed by atoms with Crippen molar-refractivity contribution in [2.75, 3.05) is 24.6 Å². The van der Waals surface area contributed by atoms with Crippen molar-refractivity contribution >= 4 is 34.2 Å². The van der Waals surface area contributed by atoms with E-state index in [-0.39, 0.29) is 37.9 Å². The maximum atomic E-state index is 14.2. The quantitative estimate of drug-likeness (QED) is 0.580. The first kappa shape index (κ1) is 22.6. The van der Waals surface area contributed by atoms with E-state index < -0.39 is 35.6 Å². The van der Waals surface area contributed by atoms with Crippen LogP contribution in [0, 0.1) is 11.8 Å². The van der Waals surface area contributed by atoms with Gasteiger partial charge < -0.3 is 24.7 Å². The van der Waals surface area contributed by atoms with Crippen LogP contribution in [0.15, 0.2) is 55.1 Å². The van der Waals surface area contributed by atoms with Crippen LogP contribution in [0.1, 0.15) is 19.3 Å². The highest BCUT2D eigenvalue weighted by molar-refractivity contribution is 6.05. The molecule has 2 amide bonds. The number of fused-ring (bicyclic) bond motifs is 2. The molecule has 0 saturated carbocycles. The van der Waals surface area contributed by atoms with Crippen LogP contribution in [-0.4, -0.2) is 70.3 Å². The summed E-state index contributed by atoms with van der Waals surface area (Å²) in [5.74, 6) is -3.64. The molecule has 1 spiro atoms. The zero-order chi connectivity index (χ0) is 24.0. The number of hydrogen-bond donors (Lipinski definition) is 2. The molecule has 34 heavy (non-hydrogen) atoms. The van der Waals surface area contributed by atoms with Crippen LogP contribution in [0.4, 0.5) is 5.69 Å². The molecule has 178 valence electrons. The number of benzene rings is 2. The molecule has 3 heterocycles. The van der Waals surface area contributed by atoms with Crippen molar-refractivity contribution in [2.45, 2.75) is 37.0 Å². The molecule has 2 bridgehead atoms. The first-order valence-corrected chi connectivity index (χ1v) is 11.7. The smallest absolute Gasteiger partial charge is 0.310 e. The Labute approximate surface area is 197 Å². The van der Waals surface area contributed by atoms with Crippen LogP contribution >= 0.6 is 0 Å². The van der Waals surface area contributed by atoms with Gasteiger partial charge in [0.1, 0.15) is 11.6 Å². The van der Waals surface area contributed by atoms with E-state index in [0.29, 0.717) is 18.5 Å². The average molecular weight is 465 g/mol. The van der Waals surface area contributed by atoms with Crippen molar-refractivity contribution in [3.05, 3.63) is 55.1 Å². The normalized spacial score (nSPS) is 29.4. The molecule has 0 aliphatic carbocycles. The number of amides is 2. The maximum Gasteiger partial charge on any atom is 0.310 e. The summed E-state index contributed by atoms with van der Waals surface area (Å²) in [6.45, 7) is 4.05.